The third kappa shape index (κ3) is 5.23. The van der Waals surface area contributed by atoms with Crippen LogP contribution >= 0.6 is 24.4 Å². The van der Waals surface area contributed by atoms with Gasteiger partial charge in [-0.25, -0.2) is 4.79 Å². The van der Waals surface area contributed by atoms with Crippen molar-refractivity contribution in [2.45, 2.75) is 26.1 Å². The summed E-state index contributed by atoms with van der Waals surface area (Å²) in [5.41, 5.74) is 0.643. The molecule has 3 nitrogen and oxygen atoms in total. The summed E-state index contributed by atoms with van der Waals surface area (Å²) in [6.45, 7) is 4.25. The Kier molecular flexibility index (Phi) is 5.88. The van der Waals surface area contributed by atoms with E-state index in [0.717, 1.165) is 23.1 Å². The summed E-state index contributed by atoms with van der Waals surface area (Å²) in [7, 11) is 0. The Hall–Kier alpha value is -0.810. The molecule has 0 spiro atoms. The van der Waals surface area contributed by atoms with E-state index in [2.05, 4.69) is 12.6 Å². The molecule has 5 heteroatoms. The number of carbonyl (C=O) groups excluding carboxylic acids is 1. The molecule has 1 aromatic carbocycles. The van der Waals surface area contributed by atoms with Crippen LogP contribution in [0.15, 0.2) is 24.3 Å². The van der Waals surface area contributed by atoms with Crippen molar-refractivity contribution in [2.75, 3.05) is 12.0 Å². The number of rotatable bonds is 5. The second-order valence-corrected chi connectivity index (χ2v) is 5.46. The summed E-state index contributed by atoms with van der Waals surface area (Å²) >= 11 is 5.30. The lowest BCUT2D eigenvalue weighted by Gasteiger charge is -2.24. The molecule has 0 amide bonds. The Morgan fingerprint density at radius 2 is 1.94 bits per heavy atom. The van der Waals surface area contributed by atoms with Crippen molar-refractivity contribution >= 4 is 29.7 Å². The molecular weight excluding hydrogens is 268 g/mol. The Labute approximate surface area is 118 Å². The molecule has 1 rings (SSSR count). The van der Waals surface area contributed by atoms with Gasteiger partial charge in [-0.05, 0) is 49.6 Å². The van der Waals surface area contributed by atoms with Crippen molar-refractivity contribution in [3.8, 4) is 5.75 Å². The second-order valence-electron chi connectivity index (χ2n) is 4.41. The van der Waals surface area contributed by atoms with Gasteiger partial charge >= 0.3 is 5.30 Å². The number of benzene rings is 1. The van der Waals surface area contributed by atoms with Crippen LogP contribution in [0, 0.1) is 0 Å². The smallest absolute Gasteiger partial charge is 0.367 e. The maximum atomic E-state index is 11.0. The van der Waals surface area contributed by atoms with Crippen LogP contribution in [0.1, 0.15) is 19.4 Å². The van der Waals surface area contributed by atoms with Crippen molar-refractivity contribution < 1.29 is 14.3 Å². The molecule has 0 aliphatic heterocycles. The lowest BCUT2D eigenvalue weighted by Crippen LogP contribution is -2.30. The normalized spacial score (nSPS) is 11.1. The SMILES string of the molecule is CSC(=O)OCc1ccc(OC(C)(C)CS)cc1. The molecule has 0 unspecified atom stereocenters. The Morgan fingerprint density at radius 1 is 1.33 bits per heavy atom. The number of hydrogen-bond acceptors (Lipinski definition) is 5. The Morgan fingerprint density at radius 3 is 2.44 bits per heavy atom. The van der Waals surface area contributed by atoms with Crippen molar-refractivity contribution in [1.82, 2.24) is 0 Å². The van der Waals surface area contributed by atoms with E-state index in [9.17, 15) is 4.79 Å². The fourth-order valence-corrected chi connectivity index (χ4v) is 1.45. The summed E-state index contributed by atoms with van der Waals surface area (Å²) in [6, 6.07) is 7.51. The molecule has 0 saturated carbocycles. The monoisotopic (exact) mass is 286 g/mol. The average molecular weight is 286 g/mol. The Balaban J connectivity index is 2.55. The minimum Gasteiger partial charge on any atom is -0.487 e. The standard InChI is InChI=1S/C13H18O3S2/c1-13(2,9-17)16-11-6-4-10(5-7-11)8-15-12(14)18-3/h4-7,17H,8-9H2,1-3H3. The van der Waals surface area contributed by atoms with Crippen molar-refractivity contribution in [3.63, 3.8) is 0 Å². The molecule has 100 valence electrons. The first-order chi connectivity index (χ1) is 8.46. The highest BCUT2D eigenvalue weighted by atomic mass is 32.2. The summed E-state index contributed by atoms with van der Waals surface area (Å²) in [5.74, 6) is 1.43. The van der Waals surface area contributed by atoms with E-state index in [-0.39, 0.29) is 17.5 Å². The highest BCUT2D eigenvalue weighted by Crippen LogP contribution is 2.20. The van der Waals surface area contributed by atoms with E-state index in [0.29, 0.717) is 5.75 Å². The van der Waals surface area contributed by atoms with Crippen LogP contribution in [-0.4, -0.2) is 22.9 Å². The van der Waals surface area contributed by atoms with Gasteiger partial charge in [0.05, 0.1) is 0 Å². The van der Waals surface area contributed by atoms with Gasteiger partial charge in [-0.3, -0.25) is 0 Å². The van der Waals surface area contributed by atoms with E-state index < -0.39 is 0 Å². The largest absolute Gasteiger partial charge is 0.487 e. The molecular formula is C13H18O3S2. The first-order valence-electron chi connectivity index (χ1n) is 5.56. The van der Waals surface area contributed by atoms with E-state index in [1.807, 2.05) is 38.1 Å². The van der Waals surface area contributed by atoms with Crippen LogP contribution in [0.25, 0.3) is 0 Å². The molecule has 0 aromatic heterocycles. The number of thiol groups is 1. The third-order valence-electron chi connectivity index (χ3n) is 2.22. The van der Waals surface area contributed by atoms with E-state index in [4.69, 9.17) is 9.47 Å². The predicted molar refractivity (Wildman–Crippen MR) is 78.7 cm³/mol. The third-order valence-corrected chi connectivity index (χ3v) is 3.43. The zero-order valence-electron chi connectivity index (χ0n) is 10.8. The molecule has 0 radical (unpaired) electrons. The van der Waals surface area contributed by atoms with Crippen LogP contribution in [0.5, 0.6) is 5.75 Å². The topological polar surface area (TPSA) is 35.5 Å². The minimum absolute atomic E-state index is 0.272. The number of thioether (sulfide) groups is 1. The van der Waals surface area contributed by atoms with Gasteiger partial charge < -0.3 is 9.47 Å². The highest BCUT2D eigenvalue weighted by Gasteiger charge is 2.17. The van der Waals surface area contributed by atoms with Crippen LogP contribution in [-0.2, 0) is 11.3 Å². The van der Waals surface area contributed by atoms with Gasteiger partial charge in [0.25, 0.3) is 0 Å². The molecule has 0 atom stereocenters. The summed E-state index contributed by atoms with van der Waals surface area (Å²) in [6.07, 6.45) is 1.69. The first kappa shape index (κ1) is 15.2. The second kappa shape index (κ2) is 6.95. The van der Waals surface area contributed by atoms with Gasteiger partial charge in [0.2, 0.25) is 0 Å². The van der Waals surface area contributed by atoms with Crippen LogP contribution in [0.2, 0.25) is 0 Å². The van der Waals surface area contributed by atoms with Crippen molar-refractivity contribution in [2.24, 2.45) is 0 Å². The van der Waals surface area contributed by atoms with Crippen LogP contribution < -0.4 is 4.74 Å². The lowest BCUT2D eigenvalue weighted by atomic mass is 10.1. The fraction of sp³-hybridized carbons (Fsp3) is 0.462. The number of ether oxygens (including phenoxy) is 2. The zero-order valence-corrected chi connectivity index (χ0v) is 12.5. The summed E-state index contributed by atoms with van der Waals surface area (Å²) in [4.78, 5) is 11.0. The maximum absolute atomic E-state index is 11.0. The summed E-state index contributed by atoms with van der Waals surface area (Å²) in [5, 5.41) is -0.272. The van der Waals surface area contributed by atoms with Crippen molar-refractivity contribution in [1.29, 1.82) is 0 Å². The average Bonchev–Trinajstić information content (AvgIpc) is 2.37. The highest BCUT2D eigenvalue weighted by molar-refractivity contribution is 8.12. The maximum Gasteiger partial charge on any atom is 0.367 e. The quantitative estimate of drug-likeness (QED) is 0.660. The fourth-order valence-electron chi connectivity index (χ4n) is 1.21. The molecule has 0 aliphatic rings. The molecule has 0 saturated heterocycles. The summed E-state index contributed by atoms with van der Waals surface area (Å²) < 4.78 is 10.8. The molecule has 0 aliphatic carbocycles. The van der Waals surface area contributed by atoms with Gasteiger partial charge in [-0.15, -0.1) is 0 Å². The van der Waals surface area contributed by atoms with Gasteiger partial charge in [-0.2, -0.15) is 12.6 Å². The van der Waals surface area contributed by atoms with E-state index in [1.54, 1.807) is 6.26 Å². The minimum atomic E-state index is -0.296. The molecule has 18 heavy (non-hydrogen) atoms. The van der Waals surface area contributed by atoms with Crippen LogP contribution in [0.4, 0.5) is 4.79 Å². The molecule has 1 aromatic rings. The van der Waals surface area contributed by atoms with Crippen molar-refractivity contribution in [3.05, 3.63) is 29.8 Å². The van der Waals surface area contributed by atoms with E-state index >= 15 is 0 Å². The zero-order chi connectivity index (χ0) is 13.6. The molecule has 0 N–H and O–H groups in total. The van der Waals surface area contributed by atoms with E-state index in [1.165, 1.54) is 0 Å². The number of carbonyl (C=O) groups is 1. The first-order valence-corrected chi connectivity index (χ1v) is 7.42. The van der Waals surface area contributed by atoms with Crippen LogP contribution in [0.3, 0.4) is 0 Å². The molecule has 0 bridgehead atoms. The van der Waals surface area contributed by atoms with Gasteiger partial charge in [0, 0.05) is 5.75 Å². The van der Waals surface area contributed by atoms with Gasteiger partial charge in [-0.1, -0.05) is 12.1 Å². The predicted octanol–water partition coefficient (Wildman–Crippen LogP) is 3.77. The molecule has 0 heterocycles. The number of hydrogen-bond donors (Lipinski definition) is 1. The Bertz CT molecular complexity index is 388. The van der Waals surface area contributed by atoms with Gasteiger partial charge in [0.15, 0.2) is 0 Å². The molecule has 0 fully saturated rings. The lowest BCUT2D eigenvalue weighted by molar-refractivity contribution is 0.136. The van der Waals surface area contributed by atoms with Gasteiger partial charge in [0.1, 0.15) is 18.0 Å².